The van der Waals surface area contributed by atoms with E-state index in [9.17, 15) is 4.21 Å². The minimum Gasteiger partial charge on any atom is -0.497 e. The molecule has 0 saturated heterocycles. The van der Waals surface area contributed by atoms with Crippen LogP contribution in [0, 0.1) is 0 Å². The van der Waals surface area contributed by atoms with Crippen molar-refractivity contribution in [2.75, 3.05) is 7.11 Å². The average molecular weight is 247 g/mol. The molecule has 0 fully saturated rings. The van der Waals surface area contributed by atoms with Crippen LogP contribution in [0.5, 0.6) is 5.75 Å². The Morgan fingerprint density at radius 1 is 0.941 bits per heavy atom. The highest BCUT2D eigenvalue weighted by Gasteiger charge is 2.00. The average Bonchev–Trinajstić information content (AvgIpc) is 2.39. The van der Waals surface area contributed by atoms with Crippen molar-refractivity contribution < 1.29 is 8.95 Å². The zero-order valence-electron chi connectivity index (χ0n) is 9.42. The topological polar surface area (TPSA) is 52.3 Å². The zero-order chi connectivity index (χ0) is 12.3. The Kier molecular flexibility index (Phi) is 3.56. The van der Waals surface area contributed by atoms with Gasteiger partial charge in [-0.25, -0.2) is 9.35 Å². The highest BCUT2D eigenvalue weighted by Crippen LogP contribution is 2.22. The molecule has 0 amide bonds. The Balaban J connectivity index is 2.29. The minimum atomic E-state index is -1.42. The van der Waals surface area contributed by atoms with E-state index in [-0.39, 0.29) is 0 Å². The van der Waals surface area contributed by atoms with Gasteiger partial charge in [-0.15, -0.1) is 0 Å². The van der Waals surface area contributed by atoms with Crippen LogP contribution in [0.15, 0.2) is 53.4 Å². The molecule has 0 heterocycles. The van der Waals surface area contributed by atoms with Crippen LogP contribution in [0.2, 0.25) is 0 Å². The van der Waals surface area contributed by atoms with Gasteiger partial charge < -0.3 is 4.74 Å². The van der Waals surface area contributed by atoms with Crippen molar-refractivity contribution in [2.45, 2.75) is 4.90 Å². The Morgan fingerprint density at radius 2 is 1.41 bits per heavy atom. The number of ether oxygens (including phenoxy) is 1. The molecule has 88 valence electrons. The van der Waals surface area contributed by atoms with Crippen molar-refractivity contribution in [1.82, 2.24) is 0 Å². The molecular weight excluding hydrogens is 234 g/mol. The summed E-state index contributed by atoms with van der Waals surface area (Å²) in [6, 6.07) is 15.1. The summed E-state index contributed by atoms with van der Waals surface area (Å²) in [5.41, 5.74) is 2.14. The third-order valence-corrected chi connectivity index (χ3v) is 3.25. The molecule has 0 bridgehead atoms. The Bertz CT molecular complexity index is 520. The summed E-state index contributed by atoms with van der Waals surface area (Å²) in [7, 11) is 0.221. The van der Waals surface area contributed by atoms with Gasteiger partial charge in [0.25, 0.3) is 0 Å². The second kappa shape index (κ2) is 5.12. The van der Waals surface area contributed by atoms with Crippen LogP contribution in [-0.2, 0) is 11.0 Å². The minimum absolute atomic E-state index is 0.627. The number of hydrogen-bond donors (Lipinski definition) is 1. The largest absolute Gasteiger partial charge is 0.497 e. The van der Waals surface area contributed by atoms with E-state index in [4.69, 9.17) is 9.88 Å². The lowest BCUT2D eigenvalue weighted by atomic mass is 10.1. The van der Waals surface area contributed by atoms with Crippen LogP contribution in [-0.4, -0.2) is 11.3 Å². The van der Waals surface area contributed by atoms with E-state index in [1.807, 2.05) is 36.4 Å². The van der Waals surface area contributed by atoms with E-state index in [1.54, 1.807) is 19.2 Å². The predicted octanol–water partition coefficient (Wildman–Crippen LogP) is 2.34. The standard InChI is InChI=1S/C13H13NO2S/c1-16-12-6-2-10(3-7-12)11-4-8-13(9-5-11)17(14)15/h2-9H,14H2,1H3. The van der Waals surface area contributed by atoms with Gasteiger partial charge in [-0.2, -0.15) is 0 Å². The van der Waals surface area contributed by atoms with E-state index in [0.717, 1.165) is 16.9 Å². The summed E-state index contributed by atoms with van der Waals surface area (Å²) >= 11 is 0. The quantitative estimate of drug-likeness (QED) is 0.905. The Morgan fingerprint density at radius 3 is 1.82 bits per heavy atom. The normalized spacial score (nSPS) is 12.1. The van der Waals surface area contributed by atoms with Gasteiger partial charge in [-0.1, -0.05) is 24.3 Å². The zero-order valence-corrected chi connectivity index (χ0v) is 10.2. The van der Waals surface area contributed by atoms with Crippen molar-refractivity contribution >= 4 is 11.0 Å². The molecule has 0 aliphatic carbocycles. The molecule has 4 heteroatoms. The summed E-state index contributed by atoms with van der Waals surface area (Å²) in [4.78, 5) is 0.627. The maximum Gasteiger partial charge on any atom is 0.122 e. The van der Waals surface area contributed by atoms with Gasteiger partial charge in [0.1, 0.15) is 16.7 Å². The highest BCUT2D eigenvalue weighted by molar-refractivity contribution is 7.82. The second-order valence-electron chi connectivity index (χ2n) is 3.55. The molecule has 0 aliphatic rings. The summed E-state index contributed by atoms with van der Waals surface area (Å²) in [6.45, 7) is 0. The maximum absolute atomic E-state index is 11.0. The van der Waals surface area contributed by atoms with Gasteiger partial charge in [-0.3, -0.25) is 0 Å². The molecule has 2 aromatic carbocycles. The van der Waals surface area contributed by atoms with E-state index in [0.29, 0.717) is 4.90 Å². The smallest absolute Gasteiger partial charge is 0.122 e. The first-order valence-corrected chi connectivity index (χ1v) is 6.32. The monoisotopic (exact) mass is 247 g/mol. The molecule has 2 N–H and O–H groups in total. The first kappa shape index (κ1) is 11.8. The maximum atomic E-state index is 11.0. The number of benzene rings is 2. The van der Waals surface area contributed by atoms with Crippen LogP contribution in [0.4, 0.5) is 0 Å². The number of hydrogen-bond acceptors (Lipinski definition) is 2. The van der Waals surface area contributed by atoms with E-state index >= 15 is 0 Å². The Labute approximate surface area is 103 Å². The number of rotatable bonds is 3. The van der Waals surface area contributed by atoms with Gasteiger partial charge in [0.2, 0.25) is 0 Å². The summed E-state index contributed by atoms with van der Waals surface area (Å²) in [5.74, 6) is 0.827. The molecule has 0 radical (unpaired) electrons. The molecular formula is C13H13NO2S. The van der Waals surface area contributed by atoms with Crippen molar-refractivity contribution in [3.05, 3.63) is 48.5 Å². The summed E-state index contributed by atoms with van der Waals surface area (Å²) in [5, 5.41) is 5.30. The van der Waals surface area contributed by atoms with E-state index in [1.165, 1.54) is 0 Å². The first-order chi connectivity index (χ1) is 8.20. The highest BCUT2D eigenvalue weighted by atomic mass is 32.2. The van der Waals surface area contributed by atoms with Gasteiger partial charge in [0.05, 0.1) is 12.0 Å². The molecule has 1 atom stereocenters. The predicted molar refractivity (Wildman–Crippen MR) is 69.0 cm³/mol. The van der Waals surface area contributed by atoms with E-state index < -0.39 is 11.0 Å². The molecule has 1 unspecified atom stereocenters. The molecule has 0 saturated carbocycles. The number of nitrogens with two attached hydrogens (primary N) is 1. The van der Waals surface area contributed by atoms with Crippen LogP contribution >= 0.6 is 0 Å². The lowest BCUT2D eigenvalue weighted by Gasteiger charge is -2.04. The molecule has 17 heavy (non-hydrogen) atoms. The fourth-order valence-corrected chi connectivity index (χ4v) is 1.97. The molecule has 3 nitrogen and oxygen atoms in total. The molecule has 0 spiro atoms. The number of methoxy groups -OCH3 is 1. The molecule has 2 rings (SSSR count). The summed E-state index contributed by atoms with van der Waals surface area (Å²) < 4.78 is 16.1. The van der Waals surface area contributed by atoms with Gasteiger partial charge in [0, 0.05) is 0 Å². The second-order valence-corrected chi connectivity index (χ2v) is 4.62. The van der Waals surface area contributed by atoms with Gasteiger partial charge in [-0.05, 0) is 35.4 Å². The van der Waals surface area contributed by atoms with E-state index in [2.05, 4.69) is 0 Å². The van der Waals surface area contributed by atoms with Crippen LogP contribution in [0.1, 0.15) is 0 Å². The SMILES string of the molecule is COc1ccc(-c2ccc(S(N)=O)cc2)cc1. The van der Waals surface area contributed by atoms with Crippen molar-refractivity contribution in [3.63, 3.8) is 0 Å². The lowest BCUT2D eigenvalue weighted by Crippen LogP contribution is -2.01. The van der Waals surface area contributed by atoms with Crippen molar-refractivity contribution in [2.24, 2.45) is 5.14 Å². The third kappa shape index (κ3) is 2.72. The van der Waals surface area contributed by atoms with Crippen molar-refractivity contribution in [1.29, 1.82) is 0 Å². The summed E-state index contributed by atoms with van der Waals surface area (Å²) in [6.07, 6.45) is 0. The van der Waals surface area contributed by atoms with Gasteiger partial charge in [0.15, 0.2) is 0 Å². The Hall–Kier alpha value is -1.65. The van der Waals surface area contributed by atoms with Gasteiger partial charge >= 0.3 is 0 Å². The molecule has 2 aromatic rings. The van der Waals surface area contributed by atoms with Crippen LogP contribution in [0.3, 0.4) is 0 Å². The van der Waals surface area contributed by atoms with Crippen LogP contribution < -0.4 is 9.88 Å². The molecule has 0 aliphatic heterocycles. The van der Waals surface area contributed by atoms with Crippen LogP contribution in [0.25, 0.3) is 11.1 Å². The first-order valence-electron chi connectivity index (χ1n) is 5.11. The molecule has 0 aromatic heterocycles. The fourth-order valence-electron chi connectivity index (χ4n) is 1.56. The van der Waals surface area contributed by atoms with Crippen molar-refractivity contribution in [3.8, 4) is 16.9 Å². The fraction of sp³-hybridized carbons (Fsp3) is 0.0769. The lowest BCUT2D eigenvalue weighted by molar-refractivity contribution is 0.415. The third-order valence-electron chi connectivity index (χ3n) is 2.51.